The van der Waals surface area contributed by atoms with E-state index in [1.807, 2.05) is 0 Å². The molecule has 2 heterocycles. The van der Waals surface area contributed by atoms with Crippen LogP contribution in [0.15, 0.2) is 164 Å². The minimum absolute atomic E-state index is 0.0762. The van der Waals surface area contributed by atoms with Gasteiger partial charge in [-0.05, 0) is 106 Å². The maximum atomic E-state index is 15.7. The average Bonchev–Trinajstić information content (AvgIpc) is 1.62. The summed E-state index contributed by atoms with van der Waals surface area (Å²) in [6.45, 7) is 5.07. The Morgan fingerprint density at radius 2 is 0.803 bits per heavy atom. The van der Waals surface area contributed by atoms with Crippen molar-refractivity contribution in [2.45, 2.75) is 159 Å². The number of aromatic hydroxyl groups is 3. The largest absolute Gasteiger partial charge is 0.508 e. The number of carbonyl (C=O) groups excluding carboxylic acids is 16. The maximum Gasteiger partial charge on any atom is 0.322 e. The van der Waals surface area contributed by atoms with Gasteiger partial charge in [0.05, 0.1) is 38.5 Å². The highest BCUT2D eigenvalue weighted by molar-refractivity contribution is 8.00. The summed E-state index contributed by atoms with van der Waals surface area (Å²) in [6, 6.07) is 23.0. The van der Waals surface area contributed by atoms with E-state index < -0.39 is 230 Å². The second-order valence-corrected chi connectivity index (χ2v) is 34.1. The van der Waals surface area contributed by atoms with E-state index in [1.165, 1.54) is 79.8 Å². The number of amides is 16. The van der Waals surface area contributed by atoms with Crippen LogP contribution >= 0.6 is 11.8 Å². The second-order valence-electron chi connectivity index (χ2n) is 33.0. The molecule has 1 aromatic heterocycles. The van der Waals surface area contributed by atoms with Gasteiger partial charge in [-0.3, -0.25) is 81.5 Å². The molecule has 706 valence electrons. The fraction of sp³-hybridized carbons (Fsp3) is 0.402. The van der Waals surface area contributed by atoms with E-state index in [2.05, 4.69) is 84.7 Å². The molecule has 1 aliphatic heterocycles. The summed E-state index contributed by atoms with van der Waals surface area (Å²) in [4.78, 5) is 248. The number of aromatic nitrogens is 1. The average molecular weight is 1840 g/mol. The fourth-order valence-electron chi connectivity index (χ4n) is 14.2. The van der Waals surface area contributed by atoms with Crippen LogP contribution in [0.5, 0.6) is 17.2 Å². The van der Waals surface area contributed by atoms with Crippen LogP contribution in [0.4, 0.5) is 0 Å². The molecule has 132 heavy (non-hydrogen) atoms. The normalized spacial score (nSPS) is 21.0. The Hall–Kier alpha value is -14.4. The number of aliphatic hydroxyl groups is 1. The number of nitrogens with zero attached hydrogens (tertiary/aromatic N) is 1. The van der Waals surface area contributed by atoms with Crippen molar-refractivity contribution < 1.29 is 107 Å². The summed E-state index contributed by atoms with van der Waals surface area (Å²) in [5.74, 6) is -19.8. The number of phenolic OH excluding ortho intramolecular Hbond substituents is 3. The fourth-order valence-corrected chi connectivity index (χ4v) is 15.0. The number of carbonyl (C=O) groups is 17. The number of para-hydroxylation sites is 1. The third-order valence-electron chi connectivity index (χ3n) is 21.2. The molecule has 6 aromatic carbocycles. The lowest BCUT2D eigenvalue weighted by Crippen LogP contribution is -2.61. The molecule has 21 N–H and O–H groups in total. The van der Waals surface area contributed by atoms with E-state index in [1.54, 1.807) is 133 Å². The van der Waals surface area contributed by atoms with Crippen molar-refractivity contribution in [3.05, 3.63) is 197 Å². The second kappa shape index (κ2) is 51.1. The first-order valence-corrected chi connectivity index (χ1v) is 44.1. The third-order valence-corrected chi connectivity index (χ3v) is 22.2. The first kappa shape index (κ1) is 103. The van der Waals surface area contributed by atoms with Crippen LogP contribution in [0.25, 0.3) is 10.9 Å². The van der Waals surface area contributed by atoms with Gasteiger partial charge in [-0.1, -0.05) is 157 Å². The number of fused-ring (bicyclic) bond motifs is 1. The van der Waals surface area contributed by atoms with Gasteiger partial charge in [0.15, 0.2) is 0 Å². The molecule has 0 radical (unpaired) electrons. The van der Waals surface area contributed by atoms with E-state index in [0.29, 0.717) is 44.3 Å². The quantitative estimate of drug-likeness (QED) is 0.0290. The van der Waals surface area contributed by atoms with Crippen LogP contribution in [-0.2, 0) is 120 Å². The molecule has 7 aromatic rings. The number of likely N-dealkylation sites (N-methyl/N-ethyl adjacent to an activating group) is 1. The van der Waals surface area contributed by atoms with Crippen molar-refractivity contribution in [1.82, 2.24) is 89.6 Å². The Labute approximate surface area is 765 Å². The van der Waals surface area contributed by atoms with Gasteiger partial charge in [0, 0.05) is 68.4 Å². The summed E-state index contributed by atoms with van der Waals surface area (Å²) in [5.41, 5.74) is 3.26. The van der Waals surface area contributed by atoms with Gasteiger partial charge in [0.2, 0.25) is 94.5 Å². The number of carboxylic acid groups (broad SMARTS) is 1. The molecule has 0 bridgehead atoms. The van der Waals surface area contributed by atoms with Crippen molar-refractivity contribution in [3.8, 4) is 17.2 Å². The van der Waals surface area contributed by atoms with E-state index in [-0.39, 0.29) is 74.5 Å². The molecular weight excluding hydrogens is 1730 g/mol. The lowest BCUT2D eigenvalue weighted by Gasteiger charge is -2.33. The van der Waals surface area contributed by atoms with Crippen LogP contribution in [0.3, 0.4) is 0 Å². The molecule has 16 amide bonds. The highest BCUT2D eigenvalue weighted by Crippen LogP contribution is 2.23. The Balaban J connectivity index is 1.20. The zero-order chi connectivity index (χ0) is 96.3. The number of H-pyrrole nitrogens is 1. The van der Waals surface area contributed by atoms with E-state index >= 15 is 28.8 Å². The van der Waals surface area contributed by atoms with Crippen molar-refractivity contribution in [2.75, 3.05) is 57.9 Å². The van der Waals surface area contributed by atoms with E-state index in [0.717, 1.165) is 16.7 Å². The standard InChI is InChI=1S/C92H115N17O22S/c1-51(2)34-65-84(123)107-73(83(122)97-45-77(116)95-43-75(114)94-44-76(115)96-47-80(119)120)49-132-50-79(118)100-67(36-54-16-10-8-11-17-54)85(124)102-68(37-56-22-28-60(111)29-23-56)86(125)101-66(35-52(3)4)89(128)108-81(53(5)6)91(130)104-69(38-57-24-30-61(112)31-25-57)87(126)106-72(48-110)82(121)98-46-78(117)99-70(41-59-42-93-64-21-15-14-20-63(59)64)88(127)105-71(39-58-26-32-62(113)33-27-58)92(131)109(7)74(90(129)103-65)40-55-18-12-9-13-19-55/h8-33,42,51-53,65-74,81,93,110-113H,34-41,43-50H2,1-7H3,(H,94,114)(H,95,116)(H,96,115)(H,97,122)(H,98,121)(H,99,117)(H,100,118)(H,101,125)(H,102,124)(H,103,129)(H,104,130)(H,105,127)(H,106,126)(H,107,123)(H,108,128)(H,119,120)/t65-,66-,67-,68-,69-,70+,71-,72-,73-,74-,81-/m0/s1. The number of nitrogens with one attached hydrogen (secondary N) is 16. The SMILES string of the molecule is CC(C)C[C@@H]1NC(=O)[C@H](Cc2ccc(O)cc2)NC(=O)[C@H](Cc2ccccc2)NC(=O)CSC[C@@H](C(=O)NCC(=O)NCC(=O)NCC(=O)NCC(=O)O)NC(=O)[C@H](CC(C)C)NC(=O)[C@H](Cc2ccccc2)N(C)C(=O)[C@H](Cc2ccc(O)cc2)NC(=O)[C@@H](Cc2c[nH]c3ccccc23)NC(=O)CNC(=O)[C@H](CO)NC(=O)[C@H](Cc2ccc(O)cc2)NC(=O)[C@H](C(C)C)NC1=O. The Morgan fingerprint density at radius 1 is 0.409 bits per heavy atom. The molecule has 0 saturated carbocycles. The summed E-state index contributed by atoms with van der Waals surface area (Å²) in [5, 5.41) is 89.5. The number of thioether (sulfide) groups is 1. The zero-order valence-electron chi connectivity index (χ0n) is 74.0. The smallest absolute Gasteiger partial charge is 0.322 e. The van der Waals surface area contributed by atoms with Crippen molar-refractivity contribution >= 4 is 123 Å². The lowest BCUT2D eigenvalue weighted by molar-refractivity contribution is -0.143. The number of aromatic amines is 1. The number of aliphatic carboxylic acids is 1. The molecule has 1 aliphatic rings. The summed E-state index contributed by atoms with van der Waals surface area (Å²) < 4.78 is 0. The Morgan fingerprint density at radius 3 is 1.30 bits per heavy atom. The number of rotatable bonds is 27. The molecule has 8 rings (SSSR count). The van der Waals surface area contributed by atoms with E-state index in [9.17, 15) is 73.2 Å². The first-order valence-electron chi connectivity index (χ1n) is 42.9. The number of carboxylic acids is 1. The molecule has 0 spiro atoms. The Kier molecular flexibility index (Phi) is 39.8. The predicted molar refractivity (Wildman–Crippen MR) is 484 cm³/mol. The number of phenols is 3. The van der Waals surface area contributed by atoms with Crippen molar-refractivity contribution in [2.24, 2.45) is 17.8 Å². The molecule has 39 nitrogen and oxygen atoms in total. The highest BCUT2D eigenvalue weighted by Gasteiger charge is 2.40. The molecule has 1 saturated heterocycles. The van der Waals surface area contributed by atoms with Gasteiger partial charge < -0.3 is 115 Å². The summed E-state index contributed by atoms with van der Waals surface area (Å²) in [7, 11) is 1.28. The molecule has 40 heteroatoms. The lowest BCUT2D eigenvalue weighted by atomic mass is 9.98. The highest BCUT2D eigenvalue weighted by atomic mass is 32.2. The molecule has 1 fully saturated rings. The number of hydrogen-bond donors (Lipinski definition) is 21. The maximum absolute atomic E-state index is 15.7. The molecule has 0 unspecified atom stereocenters. The van der Waals surface area contributed by atoms with Gasteiger partial charge in [-0.15, -0.1) is 11.8 Å². The predicted octanol–water partition coefficient (Wildman–Crippen LogP) is -1.13. The topological polar surface area (TPSA) is 591 Å². The number of aliphatic hydroxyl groups excluding tert-OH is 1. The molecule has 11 atom stereocenters. The summed E-state index contributed by atoms with van der Waals surface area (Å²) >= 11 is 0.751. The van der Waals surface area contributed by atoms with Gasteiger partial charge in [-0.2, -0.15) is 0 Å². The number of hydrogen-bond acceptors (Lipinski definition) is 22. The van der Waals surface area contributed by atoms with Gasteiger partial charge in [0.25, 0.3) is 0 Å². The monoisotopic (exact) mass is 1840 g/mol. The van der Waals surface area contributed by atoms with Crippen LogP contribution in [0.2, 0.25) is 0 Å². The van der Waals surface area contributed by atoms with Crippen LogP contribution < -0.4 is 79.8 Å². The molecule has 0 aliphatic carbocycles. The zero-order valence-corrected chi connectivity index (χ0v) is 74.8. The first-order chi connectivity index (χ1) is 62.9. The third kappa shape index (κ3) is 33.6. The van der Waals surface area contributed by atoms with Crippen molar-refractivity contribution in [3.63, 3.8) is 0 Å². The molecular formula is C92H115N17O22S. The van der Waals surface area contributed by atoms with Gasteiger partial charge in [0.1, 0.15) is 90.3 Å². The van der Waals surface area contributed by atoms with E-state index in [4.69, 9.17) is 5.11 Å². The summed E-state index contributed by atoms with van der Waals surface area (Å²) in [6.07, 6.45) is -0.316. The van der Waals surface area contributed by atoms with Crippen LogP contribution in [0.1, 0.15) is 87.8 Å². The van der Waals surface area contributed by atoms with Crippen LogP contribution in [0, 0.1) is 17.8 Å². The number of benzene rings is 6. The van der Waals surface area contributed by atoms with Gasteiger partial charge in [-0.25, -0.2) is 0 Å². The minimum Gasteiger partial charge on any atom is -0.508 e. The Bertz CT molecular complexity index is 5180. The van der Waals surface area contributed by atoms with Crippen molar-refractivity contribution in [1.29, 1.82) is 0 Å². The van der Waals surface area contributed by atoms with Gasteiger partial charge >= 0.3 is 5.97 Å². The van der Waals surface area contributed by atoms with Crippen LogP contribution in [-0.4, -0.2) is 260 Å². The minimum atomic E-state index is -1.85.